The first-order chi connectivity index (χ1) is 12.3. The van der Waals surface area contributed by atoms with Crippen LogP contribution in [0.25, 0.3) is 11.4 Å². The molecule has 3 aromatic heterocycles. The van der Waals surface area contributed by atoms with E-state index in [4.69, 9.17) is 9.97 Å². The molecule has 0 fully saturated rings. The number of nitrogens with zero attached hydrogens (tertiary/aromatic N) is 6. The van der Waals surface area contributed by atoms with Crippen LogP contribution in [0.1, 0.15) is 30.4 Å². The molecule has 3 heterocycles. The summed E-state index contributed by atoms with van der Waals surface area (Å²) in [4.78, 5) is 13.7. The quantitative estimate of drug-likeness (QED) is 0.744. The zero-order valence-electron chi connectivity index (χ0n) is 14.3. The zero-order valence-corrected chi connectivity index (χ0v) is 14.3. The van der Waals surface area contributed by atoms with Crippen LogP contribution in [0, 0.1) is 0 Å². The molecule has 0 unspecified atom stereocenters. The molecule has 0 aliphatic heterocycles. The Morgan fingerprint density at radius 2 is 2.20 bits per heavy atom. The monoisotopic (exact) mass is 335 g/mol. The molecule has 1 N–H and O–H groups in total. The summed E-state index contributed by atoms with van der Waals surface area (Å²) in [5, 5.41) is 11.6. The second-order valence-electron chi connectivity index (χ2n) is 6.14. The minimum absolute atomic E-state index is 0.745. The molecule has 0 bridgehead atoms. The van der Waals surface area contributed by atoms with E-state index in [1.807, 2.05) is 18.3 Å². The topological polar surface area (TPSA) is 81.4 Å². The third-order valence-corrected chi connectivity index (χ3v) is 4.51. The molecular weight excluding hydrogens is 314 g/mol. The van der Waals surface area contributed by atoms with Crippen LogP contribution in [-0.4, -0.2) is 36.3 Å². The van der Waals surface area contributed by atoms with Gasteiger partial charge in [-0.2, -0.15) is 0 Å². The fourth-order valence-electron chi connectivity index (χ4n) is 3.24. The second-order valence-corrected chi connectivity index (χ2v) is 6.14. The molecule has 1 aliphatic rings. The van der Waals surface area contributed by atoms with Crippen molar-refractivity contribution in [2.24, 2.45) is 0 Å². The molecule has 7 heteroatoms. The van der Waals surface area contributed by atoms with E-state index in [2.05, 4.69) is 32.0 Å². The maximum atomic E-state index is 4.77. The van der Waals surface area contributed by atoms with E-state index in [0.717, 1.165) is 67.5 Å². The molecule has 0 radical (unpaired) electrons. The van der Waals surface area contributed by atoms with E-state index < -0.39 is 0 Å². The van der Waals surface area contributed by atoms with Crippen LogP contribution in [0.4, 0.5) is 5.82 Å². The lowest BCUT2D eigenvalue weighted by molar-refractivity contribution is 0.679. The van der Waals surface area contributed by atoms with Crippen molar-refractivity contribution in [3.63, 3.8) is 0 Å². The SMILES string of the molecule is CCc1nncn1CCNc1nc(-c2cccnc2)nc2c1CCC2. The molecule has 7 nitrogen and oxygen atoms in total. The minimum Gasteiger partial charge on any atom is -0.368 e. The highest BCUT2D eigenvalue weighted by molar-refractivity contribution is 5.59. The number of fused-ring (bicyclic) bond motifs is 1. The highest BCUT2D eigenvalue weighted by Crippen LogP contribution is 2.28. The van der Waals surface area contributed by atoms with Crippen LogP contribution in [0.5, 0.6) is 0 Å². The maximum Gasteiger partial charge on any atom is 0.163 e. The van der Waals surface area contributed by atoms with Gasteiger partial charge in [0.1, 0.15) is 18.0 Å². The van der Waals surface area contributed by atoms with E-state index in [1.54, 1.807) is 12.5 Å². The van der Waals surface area contributed by atoms with Crippen molar-refractivity contribution >= 4 is 5.82 Å². The van der Waals surface area contributed by atoms with Crippen molar-refractivity contribution in [2.45, 2.75) is 39.2 Å². The Kier molecular flexibility index (Phi) is 4.37. The largest absolute Gasteiger partial charge is 0.368 e. The van der Waals surface area contributed by atoms with Gasteiger partial charge in [0.2, 0.25) is 0 Å². The number of rotatable bonds is 6. The van der Waals surface area contributed by atoms with Crippen LogP contribution in [0.15, 0.2) is 30.9 Å². The van der Waals surface area contributed by atoms with E-state index >= 15 is 0 Å². The molecule has 128 valence electrons. The molecule has 0 aromatic carbocycles. The van der Waals surface area contributed by atoms with Gasteiger partial charge in [-0.25, -0.2) is 9.97 Å². The van der Waals surface area contributed by atoms with Gasteiger partial charge in [-0.05, 0) is 31.4 Å². The van der Waals surface area contributed by atoms with Gasteiger partial charge in [-0.1, -0.05) is 6.92 Å². The van der Waals surface area contributed by atoms with Crippen molar-refractivity contribution in [1.82, 2.24) is 29.7 Å². The highest BCUT2D eigenvalue weighted by atomic mass is 15.3. The van der Waals surface area contributed by atoms with Crippen LogP contribution in [0.3, 0.4) is 0 Å². The minimum atomic E-state index is 0.745. The summed E-state index contributed by atoms with van der Waals surface area (Å²) in [5.74, 6) is 2.70. The first-order valence-electron chi connectivity index (χ1n) is 8.76. The Morgan fingerprint density at radius 3 is 3.04 bits per heavy atom. The van der Waals surface area contributed by atoms with E-state index in [0.29, 0.717) is 0 Å². The van der Waals surface area contributed by atoms with Gasteiger partial charge in [0.05, 0.1) is 0 Å². The van der Waals surface area contributed by atoms with Crippen LogP contribution in [0.2, 0.25) is 0 Å². The third kappa shape index (κ3) is 3.22. The zero-order chi connectivity index (χ0) is 17.1. The van der Waals surface area contributed by atoms with Crippen molar-refractivity contribution in [1.29, 1.82) is 0 Å². The van der Waals surface area contributed by atoms with Crippen LogP contribution in [-0.2, 0) is 25.8 Å². The molecular formula is C18H21N7. The number of anilines is 1. The number of aryl methyl sites for hydroxylation is 2. The first-order valence-corrected chi connectivity index (χ1v) is 8.76. The number of hydrogen-bond acceptors (Lipinski definition) is 6. The molecule has 4 rings (SSSR count). The molecule has 3 aromatic rings. The Balaban J connectivity index is 1.55. The van der Waals surface area contributed by atoms with Crippen molar-refractivity contribution in [3.8, 4) is 11.4 Å². The average Bonchev–Trinajstić information content (AvgIpc) is 3.31. The summed E-state index contributed by atoms with van der Waals surface area (Å²) in [5.41, 5.74) is 3.37. The van der Waals surface area contributed by atoms with Gasteiger partial charge in [0.25, 0.3) is 0 Å². The van der Waals surface area contributed by atoms with Gasteiger partial charge in [0, 0.05) is 48.7 Å². The van der Waals surface area contributed by atoms with E-state index in [9.17, 15) is 0 Å². The number of nitrogens with one attached hydrogen (secondary N) is 1. The molecule has 1 aliphatic carbocycles. The van der Waals surface area contributed by atoms with Crippen molar-refractivity contribution < 1.29 is 0 Å². The number of pyridine rings is 1. The molecule has 25 heavy (non-hydrogen) atoms. The molecule has 0 amide bonds. The summed E-state index contributed by atoms with van der Waals surface area (Å²) >= 11 is 0. The smallest absolute Gasteiger partial charge is 0.163 e. The fraction of sp³-hybridized carbons (Fsp3) is 0.389. The lowest BCUT2D eigenvalue weighted by Gasteiger charge is -2.13. The van der Waals surface area contributed by atoms with Gasteiger partial charge < -0.3 is 9.88 Å². The predicted molar refractivity (Wildman–Crippen MR) is 95.2 cm³/mol. The standard InChI is InChI=1S/C18H21N7/c1-2-16-24-21-12-25(16)10-9-20-18-14-6-3-7-15(14)22-17(23-18)13-5-4-8-19-11-13/h4-5,8,11-12H,2-3,6-7,9-10H2,1H3,(H,20,22,23). The Morgan fingerprint density at radius 1 is 1.24 bits per heavy atom. The average molecular weight is 335 g/mol. The summed E-state index contributed by atoms with van der Waals surface area (Å²) < 4.78 is 2.08. The summed E-state index contributed by atoms with van der Waals surface area (Å²) in [6, 6.07) is 3.91. The summed E-state index contributed by atoms with van der Waals surface area (Å²) in [7, 11) is 0. The maximum absolute atomic E-state index is 4.77. The predicted octanol–water partition coefficient (Wildman–Crippen LogP) is 2.29. The van der Waals surface area contributed by atoms with Gasteiger partial charge in [-0.15, -0.1) is 10.2 Å². The molecule has 0 atom stereocenters. The number of aromatic nitrogens is 6. The lowest BCUT2D eigenvalue weighted by atomic mass is 10.2. The van der Waals surface area contributed by atoms with E-state index in [-0.39, 0.29) is 0 Å². The summed E-state index contributed by atoms with van der Waals surface area (Å²) in [6.07, 6.45) is 9.44. The number of hydrogen-bond donors (Lipinski definition) is 1. The lowest BCUT2D eigenvalue weighted by Crippen LogP contribution is -2.14. The molecule has 0 saturated carbocycles. The van der Waals surface area contributed by atoms with Gasteiger partial charge in [-0.3, -0.25) is 4.98 Å². The normalized spacial score (nSPS) is 13.0. The second kappa shape index (κ2) is 6.96. The fourth-order valence-corrected chi connectivity index (χ4v) is 3.24. The molecule has 0 spiro atoms. The highest BCUT2D eigenvalue weighted by Gasteiger charge is 2.19. The van der Waals surface area contributed by atoms with Crippen LogP contribution >= 0.6 is 0 Å². The van der Waals surface area contributed by atoms with Gasteiger partial charge >= 0.3 is 0 Å². The Bertz CT molecular complexity index is 857. The van der Waals surface area contributed by atoms with Crippen LogP contribution < -0.4 is 5.32 Å². The Labute approximate surface area is 146 Å². The van der Waals surface area contributed by atoms with Crippen molar-refractivity contribution in [3.05, 3.63) is 47.9 Å². The third-order valence-electron chi connectivity index (χ3n) is 4.51. The molecule has 0 saturated heterocycles. The Hall–Kier alpha value is -2.83. The van der Waals surface area contributed by atoms with Gasteiger partial charge in [0.15, 0.2) is 5.82 Å². The van der Waals surface area contributed by atoms with E-state index in [1.165, 1.54) is 5.56 Å². The summed E-state index contributed by atoms with van der Waals surface area (Å²) in [6.45, 7) is 3.68. The first kappa shape index (κ1) is 15.7. The van der Waals surface area contributed by atoms with Crippen molar-refractivity contribution in [2.75, 3.05) is 11.9 Å².